The summed E-state index contributed by atoms with van der Waals surface area (Å²) in [5.74, 6) is 0. The Labute approximate surface area is 110 Å². The predicted octanol–water partition coefficient (Wildman–Crippen LogP) is 3.30. The Morgan fingerprint density at radius 3 is 1.80 bits per heavy atom. The smallest absolute Gasteiger partial charge is 0.391 e. The summed E-state index contributed by atoms with van der Waals surface area (Å²) < 4.78 is 76.0. The number of hydrogen-bond donors (Lipinski definition) is 1. The zero-order chi connectivity index (χ0) is 15.1. The molecule has 0 aromatic heterocycles. The average molecular weight is 299 g/mol. The van der Waals surface area contributed by atoms with Crippen molar-refractivity contribution in [1.29, 1.82) is 0 Å². The third-order valence-electron chi connectivity index (χ3n) is 3.10. The maximum Gasteiger partial charge on any atom is 0.416 e. The molecule has 1 saturated heterocycles. The summed E-state index contributed by atoms with van der Waals surface area (Å²) >= 11 is 0. The summed E-state index contributed by atoms with van der Waals surface area (Å²) in [6.07, 6.45) is -10.1. The first-order valence-electron chi connectivity index (χ1n) is 5.80. The van der Waals surface area contributed by atoms with Crippen molar-refractivity contribution >= 4 is 5.69 Å². The Bertz CT molecular complexity index is 463. The predicted molar refractivity (Wildman–Crippen MR) is 59.3 cm³/mol. The quantitative estimate of drug-likeness (QED) is 0.804. The molecular weight excluding hydrogens is 288 g/mol. The summed E-state index contributed by atoms with van der Waals surface area (Å²) in [5, 5.41) is 9.33. The monoisotopic (exact) mass is 299 g/mol. The van der Waals surface area contributed by atoms with E-state index in [-0.39, 0.29) is 24.8 Å². The molecule has 0 aliphatic carbocycles. The van der Waals surface area contributed by atoms with Gasteiger partial charge in [0.15, 0.2) is 0 Å². The maximum atomic E-state index is 12.7. The van der Waals surface area contributed by atoms with Gasteiger partial charge in [-0.3, -0.25) is 0 Å². The van der Waals surface area contributed by atoms with E-state index in [0.29, 0.717) is 18.6 Å². The molecule has 2 rings (SSSR count). The van der Waals surface area contributed by atoms with Crippen LogP contribution in [0.1, 0.15) is 17.5 Å². The molecule has 112 valence electrons. The fourth-order valence-electron chi connectivity index (χ4n) is 2.10. The number of nitrogens with zero attached hydrogens (tertiary/aromatic N) is 1. The number of aliphatic hydroxyl groups excluding tert-OH is 1. The lowest BCUT2D eigenvalue weighted by molar-refractivity contribution is -0.143. The topological polar surface area (TPSA) is 23.5 Å². The lowest BCUT2D eigenvalue weighted by Crippen LogP contribution is -2.22. The summed E-state index contributed by atoms with van der Waals surface area (Å²) in [6, 6.07) is 1.44. The van der Waals surface area contributed by atoms with Crippen molar-refractivity contribution in [3.8, 4) is 0 Å². The van der Waals surface area contributed by atoms with Gasteiger partial charge in [0.1, 0.15) is 0 Å². The number of halogens is 6. The van der Waals surface area contributed by atoms with Gasteiger partial charge in [-0.25, -0.2) is 0 Å². The fourth-order valence-corrected chi connectivity index (χ4v) is 2.10. The molecule has 20 heavy (non-hydrogen) atoms. The van der Waals surface area contributed by atoms with E-state index in [1.165, 1.54) is 4.90 Å². The van der Waals surface area contributed by atoms with Gasteiger partial charge in [0.2, 0.25) is 0 Å². The van der Waals surface area contributed by atoms with Crippen LogP contribution in [0.25, 0.3) is 0 Å². The summed E-state index contributed by atoms with van der Waals surface area (Å²) in [4.78, 5) is 1.31. The fraction of sp³-hybridized carbons (Fsp3) is 0.500. The van der Waals surface area contributed by atoms with Crippen molar-refractivity contribution in [3.05, 3.63) is 29.3 Å². The van der Waals surface area contributed by atoms with Crippen LogP contribution in [0.4, 0.5) is 32.0 Å². The lowest BCUT2D eigenvalue weighted by atomic mass is 10.1. The summed E-state index contributed by atoms with van der Waals surface area (Å²) in [6.45, 7) is 0.248. The zero-order valence-electron chi connectivity index (χ0n) is 10.1. The van der Waals surface area contributed by atoms with E-state index in [9.17, 15) is 31.4 Å². The Morgan fingerprint density at radius 1 is 0.950 bits per heavy atom. The molecule has 1 N–H and O–H groups in total. The highest BCUT2D eigenvalue weighted by molar-refractivity contribution is 5.53. The van der Waals surface area contributed by atoms with Crippen LogP contribution in [-0.2, 0) is 12.4 Å². The van der Waals surface area contributed by atoms with Gasteiger partial charge in [-0.05, 0) is 24.6 Å². The normalized spacial score (nSPS) is 20.6. The first kappa shape index (κ1) is 15.0. The van der Waals surface area contributed by atoms with Crippen molar-refractivity contribution in [2.45, 2.75) is 24.9 Å². The minimum absolute atomic E-state index is 0.0264. The zero-order valence-corrected chi connectivity index (χ0v) is 10.1. The standard InChI is InChI=1S/C12H11F6NO/c13-11(14,15)7-3-8(12(16,17)18)5-9(4-7)19-2-1-10(20)6-19/h3-5,10,20H,1-2,6H2/t10-/m1/s1. The molecule has 0 amide bonds. The molecule has 2 nitrogen and oxygen atoms in total. The van der Waals surface area contributed by atoms with Crippen LogP contribution >= 0.6 is 0 Å². The van der Waals surface area contributed by atoms with Gasteiger partial charge in [-0.2, -0.15) is 26.3 Å². The maximum absolute atomic E-state index is 12.7. The van der Waals surface area contributed by atoms with Crippen LogP contribution in [0.15, 0.2) is 18.2 Å². The van der Waals surface area contributed by atoms with Gasteiger partial charge in [-0.1, -0.05) is 0 Å². The van der Waals surface area contributed by atoms with E-state index in [0.717, 1.165) is 0 Å². The van der Waals surface area contributed by atoms with Gasteiger partial charge < -0.3 is 10.0 Å². The number of β-amino-alcohol motifs (C(OH)–C–C–N with tert-alkyl or cyclic N) is 1. The highest BCUT2D eigenvalue weighted by atomic mass is 19.4. The van der Waals surface area contributed by atoms with Crippen molar-refractivity contribution in [2.24, 2.45) is 0 Å². The van der Waals surface area contributed by atoms with Gasteiger partial charge >= 0.3 is 12.4 Å². The molecule has 0 saturated carbocycles. The third kappa shape index (κ3) is 3.17. The van der Waals surface area contributed by atoms with Gasteiger partial charge in [-0.15, -0.1) is 0 Å². The second-order valence-corrected chi connectivity index (χ2v) is 4.65. The highest BCUT2D eigenvalue weighted by Crippen LogP contribution is 2.38. The number of hydrogen-bond acceptors (Lipinski definition) is 2. The number of rotatable bonds is 1. The molecule has 0 radical (unpaired) electrons. The van der Waals surface area contributed by atoms with Gasteiger partial charge in [0.05, 0.1) is 17.2 Å². The third-order valence-corrected chi connectivity index (χ3v) is 3.10. The first-order chi connectivity index (χ1) is 9.07. The number of anilines is 1. The molecule has 1 aromatic rings. The van der Waals surface area contributed by atoms with Crippen molar-refractivity contribution in [2.75, 3.05) is 18.0 Å². The molecule has 1 atom stereocenters. The van der Waals surface area contributed by atoms with Crippen molar-refractivity contribution < 1.29 is 31.4 Å². The van der Waals surface area contributed by atoms with Gasteiger partial charge in [0, 0.05) is 18.8 Å². The Hall–Kier alpha value is -1.44. The molecule has 0 bridgehead atoms. The van der Waals surface area contributed by atoms with Crippen molar-refractivity contribution in [1.82, 2.24) is 0 Å². The van der Waals surface area contributed by atoms with E-state index in [4.69, 9.17) is 0 Å². The van der Waals surface area contributed by atoms with E-state index < -0.39 is 29.6 Å². The van der Waals surface area contributed by atoms with Crippen LogP contribution < -0.4 is 4.90 Å². The first-order valence-corrected chi connectivity index (χ1v) is 5.80. The summed E-state index contributed by atoms with van der Waals surface area (Å²) in [7, 11) is 0. The SMILES string of the molecule is O[C@@H]1CCN(c2cc(C(F)(F)F)cc(C(F)(F)F)c2)C1. The highest BCUT2D eigenvalue weighted by Gasteiger charge is 2.37. The number of benzene rings is 1. The average Bonchev–Trinajstić information content (AvgIpc) is 2.73. The van der Waals surface area contributed by atoms with E-state index >= 15 is 0 Å². The number of alkyl halides is 6. The van der Waals surface area contributed by atoms with Crippen LogP contribution in [-0.4, -0.2) is 24.3 Å². The second kappa shape index (κ2) is 4.83. The molecule has 1 heterocycles. The minimum Gasteiger partial charge on any atom is -0.391 e. The van der Waals surface area contributed by atoms with Crippen LogP contribution in [0.5, 0.6) is 0 Å². The second-order valence-electron chi connectivity index (χ2n) is 4.65. The molecule has 1 fully saturated rings. The molecular formula is C12H11F6NO. The van der Waals surface area contributed by atoms with Crippen molar-refractivity contribution in [3.63, 3.8) is 0 Å². The summed E-state index contributed by atoms with van der Waals surface area (Å²) in [5.41, 5.74) is -2.86. The van der Waals surface area contributed by atoms with Crippen LogP contribution in [0.3, 0.4) is 0 Å². The Kier molecular flexibility index (Phi) is 3.62. The van der Waals surface area contributed by atoms with Crippen LogP contribution in [0, 0.1) is 0 Å². The molecule has 8 heteroatoms. The van der Waals surface area contributed by atoms with E-state index in [1.807, 2.05) is 0 Å². The van der Waals surface area contributed by atoms with Gasteiger partial charge in [0.25, 0.3) is 0 Å². The Morgan fingerprint density at radius 2 is 1.45 bits per heavy atom. The molecule has 1 aromatic carbocycles. The largest absolute Gasteiger partial charge is 0.416 e. The van der Waals surface area contributed by atoms with E-state index in [1.54, 1.807) is 0 Å². The number of aliphatic hydroxyl groups is 1. The minimum atomic E-state index is -4.85. The Balaban J connectivity index is 2.46. The molecule has 0 spiro atoms. The molecule has 1 aliphatic rings. The van der Waals surface area contributed by atoms with Crippen LogP contribution in [0.2, 0.25) is 0 Å². The van der Waals surface area contributed by atoms with E-state index in [2.05, 4.69) is 0 Å². The lowest BCUT2D eigenvalue weighted by Gasteiger charge is -2.21. The molecule has 1 aliphatic heterocycles. The molecule has 0 unspecified atom stereocenters.